The summed E-state index contributed by atoms with van der Waals surface area (Å²) in [5, 5.41) is 0. The molecule has 13 heteroatoms. The maximum absolute atomic E-state index is 13.8. The number of benzene rings is 2. The van der Waals surface area contributed by atoms with E-state index in [0.29, 0.717) is 17.3 Å². The van der Waals surface area contributed by atoms with Gasteiger partial charge in [-0.1, -0.05) is 18.7 Å². The maximum Gasteiger partial charge on any atom is 0.419 e. The van der Waals surface area contributed by atoms with Gasteiger partial charge < -0.3 is 9.47 Å². The summed E-state index contributed by atoms with van der Waals surface area (Å²) >= 11 is 0. The molecule has 0 radical (unpaired) electrons. The third-order valence-electron chi connectivity index (χ3n) is 5.65. The predicted octanol–water partition coefficient (Wildman–Crippen LogP) is 6.44. The van der Waals surface area contributed by atoms with Crippen molar-refractivity contribution >= 4 is 5.70 Å². The van der Waals surface area contributed by atoms with Crippen LogP contribution in [0, 0.1) is 6.92 Å². The van der Waals surface area contributed by atoms with Crippen molar-refractivity contribution in [3.05, 3.63) is 107 Å². The number of hydrogen-bond acceptors (Lipinski definition) is 6. The van der Waals surface area contributed by atoms with Crippen LogP contribution in [0.2, 0.25) is 0 Å². The molecule has 4 rings (SSSR count). The monoisotopic (exact) mass is 561 g/mol. The van der Waals surface area contributed by atoms with Crippen molar-refractivity contribution in [1.29, 1.82) is 0 Å². The van der Waals surface area contributed by atoms with E-state index in [9.17, 15) is 26.3 Å². The van der Waals surface area contributed by atoms with Crippen molar-refractivity contribution in [2.75, 3.05) is 7.05 Å². The normalized spacial score (nSPS) is 12.3. The lowest BCUT2D eigenvalue weighted by Gasteiger charge is -2.17. The molecule has 0 atom stereocenters. The first-order chi connectivity index (χ1) is 18.9. The van der Waals surface area contributed by atoms with Gasteiger partial charge in [0.25, 0.3) is 0 Å². The summed E-state index contributed by atoms with van der Waals surface area (Å²) in [6.07, 6.45) is -3.46. The van der Waals surface area contributed by atoms with Crippen molar-refractivity contribution in [1.82, 2.24) is 19.5 Å². The molecule has 0 aliphatic heterocycles. The fourth-order valence-electron chi connectivity index (χ4n) is 3.66. The van der Waals surface area contributed by atoms with E-state index in [1.165, 1.54) is 38.5 Å². The van der Waals surface area contributed by atoms with Crippen molar-refractivity contribution in [2.24, 2.45) is 4.99 Å². The summed E-state index contributed by atoms with van der Waals surface area (Å²) in [6.45, 7) is 4.94. The second-order valence-corrected chi connectivity index (χ2v) is 8.43. The first kappa shape index (κ1) is 28.3. The molecule has 0 aliphatic carbocycles. The number of aryl methyl sites for hydroxylation is 1. The minimum Gasteiger partial charge on any atom is -0.473 e. The summed E-state index contributed by atoms with van der Waals surface area (Å²) in [5.41, 5.74) is -0.815. The summed E-state index contributed by atoms with van der Waals surface area (Å²) in [5.74, 6) is -0.946. The van der Waals surface area contributed by atoms with Gasteiger partial charge in [0.2, 0.25) is 11.5 Å². The Morgan fingerprint density at radius 3 is 2.30 bits per heavy atom. The highest BCUT2D eigenvalue weighted by Gasteiger charge is 2.36. The zero-order chi connectivity index (χ0) is 29.1. The van der Waals surface area contributed by atoms with E-state index < -0.39 is 29.2 Å². The van der Waals surface area contributed by atoms with Crippen LogP contribution in [0.5, 0.6) is 17.4 Å². The Kier molecular flexibility index (Phi) is 7.93. The summed E-state index contributed by atoms with van der Waals surface area (Å²) in [7, 11) is 1.50. The Morgan fingerprint density at radius 1 is 0.950 bits per heavy atom. The number of hydrogen-bond donors (Lipinski definition) is 0. The van der Waals surface area contributed by atoms with Crippen molar-refractivity contribution in [3.8, 4) is 17.4 Å². The first-order valence-corrected chi connectivity index (χ1v) is 11.5. The number of halogens is 6. The molecule has 0 aliphatic rings. The zero-order valence-electron chi connectivity index (χ0n) is 21.1. The Balaban J connectivity index is 1.55. The van der Waals surface area contributed by atoms with E-state index in [0.717, 1.165) is 18.2 Å². The number of rotatable bonds is 7. The highest BCUT2D eigenvalue weighted by atomic mass is 19.4. The Morgan fingerprint density at radius 2 is 1.65 bits per heavy atom. The van der Waals surface area contributed by atoms with Crippen LogP contribution >= 0.6 is 0 Å². The summed E-state index contributed by atoms with van der Waals surface area (Å²) in [4.78, 5) is 16.2. The zero-order valence-corrected chi connectivity index (χ0v) is 21.1. The van der Waals surface area contributed by atoms with E-state index >= 15 is 0 Å². The van der Waals surface area contributed by atoms with Crippen LogP contribution in [0.15, 0.2) is 79.0 Å². The molecule has 0 N–H and O–H groups in total. The molecule has 2 aromatic heterocycles. The molecule has 0 unspecified atom stereocenters. The van der Waals surface area contributed by atoms with E-state index in [-0.39, 0.29) is 35.0 Å². The van der Waals surface area contributed by atoms with Gasteiger partial charge >= 0.3 is 12.4 Å². The van der Waals surface area contributed by atoms with Gasteiger partial charge in [0.05, 0.1) is 16.8 Å². The van der Waals surface area contributed by atoms with Crippen LogP contribution in [-0.4, -0.2) is 26.6 Å². The largest absolute Gasteiger partial charge is 0.473 e. The number of ether oxygens (including phenoxy) is 2. The number of alkyl halides is 6. The Labute approximate surface area is 224 Å². The predicted molar refractivity (Wildman–Crippen MR) is 132 cm³/mol. The Hall–Kier alpha value is -4.68. The average molecular weight is 561 g/mol. The van der Waals surface area contributed by atoms with Gasteiger partial charge in [-0.15, -0.1) is 0 Å². The topological polar surface area (TPSA) is 74.4 Å². The van der Waals surface area contributed by atoms with Crippen LogP contribution in [-0.2, 0) is 19.0 Å². The Bertz CT molecular complexity index is 1600. The SMILES string of the molecule is C=C(c1cncnc1)n1ccc(OCc2ccc(Oc3ccc(C)c(C(F)(F)F)c3)c(C(F)(F)F)c2)nc1=NC. The number of aromatic nitrogens is 4. The van der Waals surface area contributed by atoms with Gasteiger partial charge in [-0.3, -0.25) is 9.56 Å². The molecule has 0 spiro atoms. The van der Waals surface area contributed by atoms with Gasteiger partial charge in [0.1, 0.15) is 24.4 Å². The lowest BCUT2D eigenvalue weighted by atomic mass is 10.1. The lowest BCUT2D eigenvalue weighted by molar-refractivity contribution is -0.139. The third kappa shape index (κ3) is 6.47. The molecular weight excluding hydrogens is 540 g/mol. The minimum absolute atomic E-state index is 0.0825. The molecule has 0 fully saturated rings. The molecule has 0 amide bonds. The molecule has 0 bridgehead atoms. The molecule has 4 aromatic rings. The van der Waals surface area contributed by atoms with E-state index in [4.69, 9.17) is 9.47 Å². The number of nitrogens with zero attached hydrogens (tertiary/aromatic N) is 5. The molecule has 40 heavy (non-hydrogen) atoms. The molecular formula is C27H21F6N5O2. The molecule has 2 heterocycles. The molecule has 2 aromatic carbocycles. The molecule has 0 saturated heterocycles. The van der Waals surface area contributed by atoms with Crippen molar-refractivity contribution in [2.45, 2.75) is 25.9 Å². The summed E-state index contributed by atoms with van der Waals surface area (Å²) in [6, 6.07) is 7.60. The van der Waals surface area contributed by atoms with E-state index in [1.807, 2.05) is 0 Å². The van der Waals surface area contributed by atoms with Gasteiger partial charge in [-0.25, -0.2) is 9.97 Å². The highest BCUT2D eigenvalue weighted by Crippen LogP contribution is 2.40. The van der Waals surface area contributed by atoms with E-state index in [2.05, 4.69) is 26.5 Å². The van der Waals surface area contributed by atoms with Gasteiger partial charge in [0, 0.05) is 37.3 Å². The fraction of sp³-hybridized carbons (Fsp3) is 0.185. The second-order valence-electron chi connectivity index (χ2n) is 8.43. The second kappa shape index (κ2) is 11.2. The fourth-order valence-corrected chi connectivity index (χ4v) is 3.66. The first-order valence-electron chi connectivity index (χ1n) is 11.5. The molecule has 208 valence electrons. The maximum atomic E-state index is 13.8. The summed E-state index contributed by atoms with van der Waals surface area (Å²) < 4.78 is 93.6. The van der Waals surface area contributed by atoms with Crippen LogP contribution in [0.25, 0.3) is 5.70 Å². The quantitative estimate of drug-likeness (QED) is 0.243. The smallest absolute Gasteiger partial charge is 0.419 e. The van der Waals surface area contributed by atoms with Gasteiger partial charge in [-0.2, -0.15) is 31.3 Å². The highest BCUT2D eigenvalue weighted by molar-refractivity contribution is 5.61. The van der Waals surface area contributed by atoms with Crippen LogP contribution in [0.1, 0.15) is 27.8 Å². The van der Waals surface area contributed by atoms with Crippen molar-refractivity contribution < 1.29 is 35.8 Å². The van der Waals surface area contributed by atoms with Crippen LogP contribution in [0.4, 0.5) is 26.3 Å². The van der Waals surface area contributed by atoms with Gasteiger partial charge in [-0.05, 0) is 42.3 Å². The average Bonchev–Trinajstić information content (AvgIpc) is 2.92. The van der Waals surface area contributed by atoms with Gasteiger partial charge in [0.15, 0.2) is 0 Å². The van der Waals surface area contributed by atoms with Crippen LogP contribution in [0.3, 0.4) is 0 Å². The third-order valence-corrected chi connectivity index (χ3v) is 5.65. The van der Waals surface area contributed by atoms with Crippen LogP contribution < -0.4 is 15.1 Å². The van der Waals surface area contributed by atoms with E-state index in [1.54, 1.807) is 23.2 Å². The minimum atomic E-state index is -4.85. The van der Waals surface area contributed by atoms with Crippen molar-refractivity contribution in [3.63, 3.8) is 0 Å². The molecule has 7 nitrogen and oxygen atoms in total. The lowest BCUT2D eigenvalue weighted by Crippen LogP contribution is -2.24. The standard InChI is InChI=1S/C27H21F6N5O2/c1-16-4-6-20(11-21(16)26(28,29)30)40-23-7-5-18(10-22(23)27(31,32)33)14-39-24-8-9-38(25(34-3)37-24)17(2)19-12-35-15-36-13-19/h4-13,15H,2,14H2,1,3H3. The molecule has 0 saturated carbocycles.